The molecule has 0 fully saturated rings. The van der Waals surface area contributed by atoms with Gasteiger partial charge in [-0.1, -0.05) is 42.5 Å². The summed E-state index contributed by atoms with van der Waals surface area (Å²) in [6.45, 7) is 1.81. The van der Waals surface area contributed by atoms with Gasteiger partial charge < -0.3 is 5.11 Å². The molecule has 0 heterocycles. The highest BCUT2D eigenvalue weighted by atomic mass is 32.2. The Morgan fingerprint density at radius 3 is 2.43 bits per heavy atom. The van der Waals surface area contributed by atoms with E-state index in [1.807, 2.05) is 30.3 Å². The van der Waals surface area contributed by atoms with Crippen molar-refractivity contribution in [2.24, 2.45) is 0 Å². The quantitative estimate of drug-likeness (QED) is 0.769. The van der Waals surface area contributed by atoms with Crippen LogP contribution in [0.2, 0.25) is 0 Å². The molecule has 0 amide bonds. The number of sulfonamides is 1. The van der Waals surface area contributed by atoms with E-state index >= 15 is 0 Å². The van der Waals surface area contributed by atoms with Gasteiger partial charge in [0.15, 0.2) is 0 Å². The zero-order chi connectivity index (χ0) is 16.4. The molecule has 3 rings (SSSR count). The van der Waals surface area contributed by atoms with Crippen molar-refractivity contribution in [2.45, 2.75) is 17.9 Å². The molecule has 0 aliphatic rings. The summed E-state index contributed by atoms with van der Waals surface area (Å²) >= 11 is 0. The number of rotatable bonds is 4. The zero-order valence-electron chi connectivity index (χ0n) is 12.6. The predicted molar refractivity (Wildman–Crippen MR) is 90.8 cm³/mol. The third-order valence-corrected chi connectivity index (χ3v) is 5.31. The number of benzene rings is 3. The molecule has 1 unspecified atom stereocenters. The van der Waals surface area contributed by atoms with E-state index in [2.05, 4.69) is 4.72 Å². The summed E-state index contributed by atoms with van der Waals surface area (Å²) in [5, 5.41) is 11.1. The van der Waals surface area contributed by atoms with Gasteiger partial charge in [0.05, 0.1) is 4.90 Å². The summed E-state index contributed by atoms with van der Waals surface area (Å²) < 4.78 is 27.8. The lowest BCUT2D eigenvalue weighted by Crippen LogP contribution is -2.26. The van der Waals surface area contributed by atoms with Crippen molar-refractivity contribution in [2.75, 3.05) is 0 Å². The molecule has 0 aromatic heterocycles. The normalized spacial score (nSPS) is 13.1. The summed E-state index contributed by atoms with van der Waals surface area (Å²) in [4.78, 5) is 0.179. The highest BCUT2D eigenvalue weighted by Crippen LogP contribution is 2.27. The monoisotopic (exact) mass is 327 g/mol. The molecule has 2 N–H and O–H groups in total. The molecule has 0 spiro atoms. The Kier molecular flexibility index (Phi) is 4.07. The Hall–Kier alpha value is -2.37. The van der Waals surface area contributed by atoms with Crippen LogP contribution < -0.4 is 4.72 Å². The first-order valence-electron chi connectivity index (χ1n) is 7.26. The van der Waals surface area contributed by atoms with Crippen LogP contribution in [0.4, 0.5) is 0 Å². The molecule has 0 bridgehead atoms. The number of fused-ring (bicyclic) bond motifs is 1. The van der Waals surface area contributed by atoms with Crippen molar-refractivity contribution < 1.29 is 13.5 Å². The summed E-state index contributed by atoms with van der Waals surface area (Å²) in [6.07, 6.45) is 0. The number of nitrogens with one attached hydrogen (secondary N) is 1. The van der Waals surface area contributed by atoms with E-state index in [0.717, 1.165) is 5.56 Å². The summed E-state index contributed by atoms with van der Waals surface area (Å²) in [6, 6.07) is 18.8. The predicted octanol–water partition coefficient (Wildman–Crippen LogP) is 3.58. The van der Waals surface area contributed by atoms with Gasteiger partial charge in [-0.15, -0.1) is 0 Å². The number of phenolic OH excluding ortho intramolecular Hbond substituents is 1. The standard InChI is InChI=1S/C18H17NO3S/c1-13(14-6-3-2-4-7-14)19-23(21,22)16-10-11-17-15(12-16)8-5-9-18(17)20/h2-13,19-20H,1H3. The molecule has 23 heavy (non-hydrogen) atoms. The second kappa shape index (κ2) is 6.02. The van der Waals surface area contributed by atoms with Gasteiger partial charge in [-0.2, -0.15) is 0 Å². The van der Waals surface area contributed by atoms with Gasteiger partial charge in [0.25, 0.3) is 0 Å². The van der Waals surface area contributed by atoms with Gasteiger partial charge in [-0.05, 0) is 42.1 Å². The van der Waals surface area contributed by atoms with Crippen molar-refractivity contribution in [1.82, 2.24) is 4.72 Å². The fraction of sp³-hybridized carbons (Fsp3) is 0.111. The van der Waals surface area contributed by atoms with Crippen molar-refractivity contribution in [1.29, 1.82) is 0 Å². The molecule has 0 aliphatic heterocycles. The fourth-order valence-corrected chi connectivity index (χ4v) is 3.79. The largest absolute Gasteiger partial charge is 0.507 e. The van der Waals surface area contributed by atoms with Crippen LogP contribution in [-0.4, -0.2) is 13.5 Å². The number of aromatic hydroxyl groups is 1. The minimum Gasteiger partial charge on any atom is -0.507 e. The second-order valence-electron chi connectivity index (χ2n) is 5.41. The first kappa shape index (κ1) is 15.5. The van der Waals surface area contributed by atoms with Crippen LogP contribution in [0.5, 0.6) is 5.75 Å². The Bertz CT molecular complexity index is 937. The molecule has 0 saturated carbocycles. The van der Waals surface area contributed by atoms with E-state index in [1.54, 1.807) is 37.3 Å². The molecule has 0 aliphatic carbocycles. The zero-order valence-corrected chi connectivity index (χ0v) is 13.4. The third-order valence-electron chi connectivity index (χ3n) is 3.77. The van der Waals surface area contributed by atoms with Crippen molar-refractivity contribution in [3.05, 3.63) is 72.3 Å². The Labute approximate surface area is 135 Å². The molecular weight excluding hydrogens is 310 g/mol. The highest BCUT2D eigenvalue weighted by Gasteiger charge is 2.18. The molecule has 0 radical (unpaired) electrons. The smallest absolute Gasteiger partial charge is 0.241 e. The number of hydrogen-bond donors (Lipinski definition) is 2. The van der Waals surface area contributed by atoms with Gasteiger partial charge in [0.1, 0.15) is 5.75 Å². The maximum Gasteiger partial charge on any atom is 0.241 e. The van der Waals surface area contributed by atoms with E-state index < -0.39 is 10.0 Å². The average molecular weight is 327 g/mol. The van der Waals surface area contributed by atoms with E-state index in [1.165, 1.54) is 6.07 Å². The Morgan fingerprint density at radius 2 is 1.70 bits per heavy atom. The third kappa shape index (κ3) is 3.21. The molecule has 118 valence electrons. The lowest BCUT2D eigenvalue weighted by Gasteiger charge is -2.15. The minimum absolute atomic E-state index is 0.136. The van der Waals surface area contributed by atoms with Gasteiger partial charge in [0, 0.05) is 11.4 Å². The van der Waals surface area contributed by atoms with Gasteiger partial charge in [0.2, 0.25) is 10.0 Å². The van der Waals surface area contributed by atoms with Gasteiger partial charge in [-0.3, -0.25) is 0 Å². The number of hydrogen-bond acceptors (Lipinski definition) is 3. The molecule has 4 nitrogen and oxygen atoms in total. The molecular formula is C18H17NO3S. The van der Waals surface area contributed by atoms with Crippen LogP contribution in [0.15, 0.2) is 71.6 Å². The van der Waals surface area contributed by atoms with Crippen LogP contribution in [0.25, 0.3) is 10.8 Å². The van der Waals surface area contributed by atoms with Crippen molar-refractivity contribution >= 4 is 20.8 Å². The maximum atomic E-state index is 12.6. The molecule has 1 atom stereocenters. The summed E-state index contributed by atoms with van der Waals surface area (Å²) in [5.41, 5.74) is 0.898. The lowest BCUT2D eigenvalue weighted by atomic mass is 10.1. The number of phenols is 1. The molecule has 5 heteroatoms. The molecule has 3 aromatic rings. The first-order chi connectivity index (χ1) is 11.0. The van der Waals surface area contributed by atoms with Crippen LogP contribution in [0.1, 0.15) is 18.5 Å². The Balaban J connectivity index is 1.93. The first-order valence-corrected chi connectivity index (χ1v) is 8.75. The van der Waals surface area contributed by atoms with Crippen LogP contribution in [0, 0.1) is 0 Å². The fourth-order valence-electron chi connectivity index (χ4n) is 2.52. The van der Waals surface area contributed by atoms with E-state index in [9.17, 15) is 13.5 Å². The van der Waals surface area contributed by atoms with Crippen LogP contribution >= 0.6 is 0 Å². The SMILES string of the molecule is CC(NS(=O)(=O)c1ccc2c(O)cccc2c1)c1ccccc1. The van der Waals surface area contributed by atoms with E-state index in [4.69, 9.17) is 0 Å². The topological polar surface area (TPSA) is 66.4 Å². The van der Waals surface area contributed by atoms with Crippen molar-refractivity contribution in [3.8, 4) is 5.75 Å². The van der Waals surface area contributed by atoms with E-state index in [-0.39, 0.29) is 16.7 Å². The van der Waals surface area contributed by atoms with Crippen LogP contribution in [0.3, 0.4) is 0 Å². The molecule has 0 saturated heterocycles. The minimum atomic E-state index is -3.64. The van der Waals surface area contributed by atoms with E-state index in [0.29, 0.717) is 10.8 Å². The summed E-state index contributed by atoms with van der Waals surface area (Å²) in [5.74, 6) is 0.136. The highest BCUT2D eigenvalue weighted by molar-refractivity contribution is 7.89. The molecule has 3 aromatic carbocycles. The Morgan fingerprint density at radius 1 is 0.957 bits per heavy atom. The van der Waals surface area contributed by atoms with Gasteiger partial charge in [-0.25, -0.2) is 13.1 Å². The van der Waals surface area contributed by atoms with Gasteiger partial charge >= 0.3 is 0 Å². The average Bonchev–Trinajstić information content (AvgIpc) is 2.55. The van der Waals surface area contributed by atoms with Crippen molar-refractivity contribution in [3.63, 3.8) is 0 Å². The lowest BCUT2D eigenvalue weighted by molar-refractivity contribution is 0.481. The second-order valence-corrected chi connectivity index (χ2v) is 7.13. The summed E-state index contributed by atoms with van der Waals surface area (Å²) in [7, 11) is -3.64. The maximum absolute atomic E-state index is 12.6. The van der Waals surface area contributed by atoms with Crippen LogP contribution in [-0.2, 0) is 10.0 Å².